The average molecular weight is 290 g/mol. The fourth-order valence-electron chi connectivity index (χ4n) is 2.28. The van der Waals surface area contributed by atoms with E-state index in [9.17, 15) is 0 Å². The summed E-state index contributed by atoms with van der Waals surface area (Å²) in [4.78, 5) is 0. The second-order valence-electron chi connectivity index (χ2n) is 4.70. The Morgan fingerprint density at radius 2 is 0.905 bits per heavy atom. The molecular weight excluding hydrogens is 271 g/mol. The second-order valence-corrected chi connectivity index (χ2v) is 4.70. The Balaban J connectivity index is 0.00000161. The van der Waals surface area contributed by atoms with Crippen molar-refractivity contribution in [2.24, 2.45) is 0 Å². The normalized spacial score (nSPS) is 9.52. The van der Waals surface area contributed by atoms with E-state index in [2.05, 4.69) is 91.0 Å². The Kier molecular flexibility index (Phi) is 5.49. The molecule has 0 aliphatic carbocycles. The molecule has 0 aromatic heterocycles. The number of hydrogen-bond acceptors (Lipinski definition) is 0. The van der Waals surface area contributed by atoms with Crippen LogP contribution in [0.1, 0.15) is 16.7 Å². The molecule has 3 aromatic carbocycles. The molecule has 0 radical (unpaired) electrons. The first kappa shape index (κ1) is 15.2. The van der Waals surface area contributed by atoms with Crippen LogP contribution in [0, 0.1) is 0 Å². The molecule has 0 saturated carbocycles. The van der Waals surface area contributed by atoms with Gasteiger partial charge in [-0.2, -0.15) is 9.90 Å². The van der Waals surface area contributed by atoms with E-state index >= 15 is 0 Å². The Hall–Kier alpha value is -2.17. The van der Waals surface area contributed by atoms with E-state index < -0.39 is 0 Å². The molecule has 0 nitrogen and oxygen atoms in total. The zero-order valence-electron chi connectivity index (χ0n) is 11.9. The highest BCUT2D eigenvalue weighted by molar-refractivity contribution is 6.92. The summed E-state index contributed by atoms with van der Waals surface area (Å²) in [6.45, 7) is 0. The summed E-state index contributed by atoms with van der Waals surface area (Å²) in [5, 5.41) is 0. The van der Waals surface area contributed by atoms with Crippen LogP contribution in [0.15, 0.2) is 91.0 Å². The van der Waals surface area contributed by atoms with Crippen molar-refractivity contribution in [2.75, 3.05) is 0 Å². The van der Waals surface area contributed by atoms with Crippen LogP contribution in [0.3, 0.4) is 0 Å². The van der Waals surface area contributed by atoms with Crippen LogP contribution in [0.2, 0.25) is 0 Å². The molecule has 1 heteroatoms. The van der Waals surface area contributed by atoms with Crippen molar-refractivity contribution in [1.29, 1.82) is 0 Å². The molecule has 0 aliphatic heterocycles. The van der Waals surface area contributed by atoms with Gasteiger partial charge in [-0.1, -0.05) is 91.0 Å². The SMILES string of the molecule is C(=C(c1ccccc1)c1ccccc1)c1ccccc1.P. The van der Waals surface area contributed by atoms with E-state index in [0.717, 1.165) is 0 Å². The first-order valence-corrected chi connectivity index (χ1v) is 6.81. The third kappa shape index (κ3) is 3.90. The predicted octanol–water partition coefficient (Wildman–Crippen LogP) is 5.33. The van der Waals surface area contributed by atoms with E-state index in [4.69, 9.17) is 0 Å². The Morgan fingerprint density at radius 1 is 0.524 bits per heavy atom. The number of rotatable bonds is 3. The quantitative estimate of drug-likeness (QED) is 0.451. The summed E-state index contributed by atoms with van der Waals surface area (Å²) in [5.74, 6) is 0. The average Bonchev–Trinajstić information content (AvgIpc) is 2.55. The number of hydrogen-bond donors (Lipinski definition) is 0. The lowest BCUT2D eigenvalue weighted by Gasteiger charge is -2.08. The standard InChI is InChI=1S/C20H16.H3P/c1-4-10-17(11-5-1)16-20(18-12-6-2-7-13-18)19-14-8-3-9-15-19;/h1-16H;1H3. The molecule has 0 bridgehead atoms. The molecule has 3 rings (SSSR count). The van der Waals surface area contributed by atoms with Crippen molar-refractivity contribution >= 4 is 21.5 Å². The van der Waals surface area contributed by atoms with Gasteiger partial charge in [0.25, 0.3) is 0 Å². The molecule has 0 spiro atoms. The largest absolute Gasteiger partial charge is 0.153 e. The predicted molar refractivity (Wildman–Crippen MR) is 97.4 cm³/mol. The van der Waals surface area contributed by atoms with Gasteiger partial charge in [0.15, 0.2) is 0 Å². The smallest absolute Gasteiger partial charge is 0.0105 e. The highest BCUT2D eigenvalue weighted by Crippen LogP contribution is 2.25. The molecule has 21 heavy (non-hydrogen) atoms. The first-order chi connectivity index (χ1) is 9.93. The summed E-state index contributed by atoms with van der Waals surface area (Å²) in [5.41, 5.74) is 4.94. The molecule has 1 atom stereocenters. The lowest BCUT2D eigenvalue weighted by Crippen LogP contribution is -1.87. The van der Waals surface area contributed by atoms with Gasteiger partial charge in [-0.25, -0.2) is 0 Å². The van der Waals surface area contributed by atoms with Crippen LogP contribution in [0.5, 0.6) is 0 Å². The maximum absolute atomic E-state index is 2.24. The lowest BCUT2D eigenvalue weighted by atomic mass is 9.96. The molecule has 0 fully saturated rings. The summed E-state index contributed by atoms with van der Waals surface area (Å²) < 4.78 is 0. The lowest BCUT2D eigenvalue weighted by molar-refractivity contribution is 1.55. The van der Waals surface area contributed by atoms with Gasteiger partial charge in [0, 0.05) is 0 Å². The molecule has 3 aromatic rings. The minimum absolute atomic E-state index is 0. The third-order valence-corrected chi connectivity index (χ3v) is 3.28. The summed E-state index contributed by atoms with van der Waals surface area (Å²) in [7, 11) is 0. The Morgan fingerprint density at radius 3 is 1.33 bits per heavy atom. The van der Waals surface area contributed by atoms with Crippen molar-refractivity contribution in [3.8, 4) is 0 Å². The van der Waals surface area contributed by atoms with Crippen LogP contribution >= 0.6 is 9.90 Å². The van der Waals surface area contributed by atoms with Crippen molar-refractivity contribution in [3.05, 3.63) is 108 Å². The fraction of sp³-hybridized carbons (Fsp3) is 0. The summed E-state index contributed by atoms with van der Waals surface area (Å²) >= 11 is 0. The van der Waals surface area contributed by atoms with E-state index in [1.165, 1.54) is 22.3 Å². The maximum Gasteiger partial charge on any atom is -0.0105 e. The van der Waals surface area contributed by atoms with E-state index in [-0.39, 0.29) is 9.90 Å². The highest BCUT2D eigenvalue weighted by atomic mass is 31.0. The van der Waals surface area contributed by atoms with Crippen molar-refractivity contribution in [3.63, 3.8) is 0 Å². The van der Waals surface area contributed by atoms with E-state index in [1.807, 2.05) is 6.07 Å². The Bertz CT molecular complexity index is 644. The van der Waals surface area contributed by atoms with Crippen LogP contribution in [0.4, 0.5) is 0 Å². The maximum atomic E-state index is 2.24. The van der Waals surface area contributed by atoms with Gasteiger partial charge < -0.3 is 0 Å². The molecule has 104 valence electrons. The first-order valence-electron chi connectivity index (χ1n) is 6.81. The fourth-order valence-corrected chi connectivity index (χ4v) is 2.28. The zero-order chi connectivity index (χ0) is 13.6. The molecule has 0 amide bonds. The zero-order valence-corrected chi connectivity index (χ0v) is 13.4. The van der Waals surface area contributed by atoms with Gasteiger partial charge in [0.1, 0.15) is 0 Å². The van der Waals surface area contributed by atoms with E-state index in [1.54, 1.807) is 0 Å². The number of benzene rings is 3. The van der Waals surface area contributed by atoms with Crippen LogP contribution in [0.25, 0.3) is 11.6 Å². The van der Waals surface area contributed by atoms with Crippen LogP contribution in [-0.4, -0.2) is 0 Å². The van der Waals surface area contributed by atoms with Gasteiger partial charge >= 0.3 is 0 Å². The van der Waals surface area contributed by atoms with Gasteiger partial charge in [-0.15, -0.1) is 0 Å². The van der Waals surface area contributed by atoms with Crippen molar-refractivity contribution in [2.45, 2.75) is 0 Å². The van der Waals surface area contributed by atoms with Crippen molar-refractivity contribution < 1.29 is 0 Å². The third-order valence-electron chi connectivity index (χ3n) is 3.28. The minimum atomic E-state index is 0. The van der Waals surface area contributed by atoms with Gasteiger partial charge in [0.05, 0.1) is 0 Å². The molecule has 0 N–H and O–H groups in total. The van der Waals surface area contributed by atoms with Crippen molar-refractivity contribution in [1.82, 2.24) is 0 Å². The monoisotopic (exact) mass is 290 g/mol. The van der Waals surface area contributed by atoms with Gasteiger partial charge in [0.2, 0.25) is 0 Å². The highest BCUT2D eigenvalue weighted by Gasteiger charge is 2.04. The summed E-state index contributed by atoms with van der Waals surface area (Å²) in [6.07, 6.45) is 2.24. The summed E-state index contributed by atoms with van der Waals surface area (Å²) in [6, 6.07) is 31.5. The molecule has 0 saturated heterocycles. The molecular formula is C20H19P. The Labute approximate surface area is 129 Å². The molecule has 0 heterocycles. The van der Waals surface area contributed by atoms with Gasteiger partial charge in [-0.3, -0.25) is 0 Å². The molecule has 0 aliphatic rings. The van der Waals surface area contributed by atoms with Crippen LogP contribution < -0.4 is 0 Å². The van der Waals surface area contributed by atoms with Gasteiger partial charge in [-0.05, 0) is 28.3 Å². The minimum Gasteiger partial charge on any atom is -0.153 e. The molecule has 1 unspecified atom stereocenters. The van der Waals surface area contributed by atoms with Crippen LogP contribution in [-0.2, 0) is 0 Å². The topological polar surface area (TPSA) is 0 Å². The second kappa shape index (κ2) is 7.57. The van der Waals surface area contributed by atoms with E-state index in [0.29, 0.717) is 0 Å².